The Hall–Kier alpha value is -1.06. The minimum absolute atomic E-state index is 0.0737. The molecule has 2 atom stereocenters. The van der Waals surface area contributed by atoms with Gasteiger partial charge in [0.25, 0.3) is 0 Å². The average molecular weight is 241 g/mol. The van der Waals surface area contributed by atoms with Crippen molar-refractivity contribution in [2.75, 3.05) is 6.54 Å². The second kappa shape index (κ2) is 6.62. The van der Waals surface area contributed by atoms with Crippen LogP contribution in [0.5, 0.6) is 0 Å². The van der Waals surface area contributed by atoms with Gasteiger partial charge in [-0.2, -0.15) is 0 Å². The SMILES string of the molecule is CC(CC(=O)O)CC(=O)N1CCCCCC1C. The smallest absolute Gasteiger partial charge is 0.303 e. The third-order valence-electron chi connectivity index (χ3n) is 3.42. The van der Waals surface area contributed by atoms with Crippen molar-refractivity contribution in [2.45, 2.75) is 58.4 Å². The molecule has 1 amide bonds. The molecular formula is C13H23NO3. The van der Waals surface area contributed by atoms with Crippen LogP contribution in [-0.2, 0) is 9.59 Å². The van der Waals surface area contributed by atoms with Gasteiger partial charge in [0.1, 0.15) is 0 Å². The van der Waals surface area contributed by atoms with Crippen LogP contribution >= 0.6 is 0 Å². The van der Waals surface area contributed by atoms with Gasteiger partial charge in [0, 0.05) is 25.4 Å². The number of likely N-dealkylation sites (tertiary alicyclic amines) is 1. The van der Waals surface area contributed by atoms with Crippen LogP contribution in [0.1, 0.15) is 52.4 Å². The number of aliphatic carboxylic acids is 1. The van der Waals surface area contributed by atoms with Crippen LogP contribution in [0.4, 0.5) is 0 Å². The zero-order chi connectivity index (χ0) is 12.8. The zero-order valence-corrected chi connectivity index (χ0v) is 10.8. The van der Waals surface area contributed by atoms with Crippen LogP contribution in [0.25, 0.3) is 0 Å². The second-order valence-electron chi connectivity index (χ2n) is 5.19. The Balaban J connectivity index is 2.47. The Kier molecular flexibility index (Phi) is 5.45. The molecule has 0 spiro atoms. The lowest BCUT2D eigenvalue weighted by molar-refractivity contribution is -0.139. The summed E-state index contributed by atoms with van der Waals surface area (Å²) in [5.41, 5.74) is 0. The number of hydrogen-bond acceptors (Lipinski definition) is 2. The highest BCUT2D eigenvalue weighted by atomic mass is 16.4. The van der Waals surface area contributed by atoms with Crippen molar-refractivity contribution in [1.82, 2.24) is 4.90 Å². The van der Waals surface area contributed by atoms with Gasteiger partial charge in [-0.15, -0.1) is 0 Å². The maximum atomic E-state index is 12.1. The molecule has 17 heavy (non-hydrogen) atoms. The molecule has 98 valence electrons. The molecule has 1 rings (SSSR count). The van der Waals surface area contributed by atoms with Gasteiger partial charge in [-0.05, 0) is 25.7 Å². The van der Waals surface area contributed by atoms with Crippen molar-refractivity contribution < 1.29 is 14.7 Å². The van der Waals surface area contributed by atoms with Gasteiger partial charge in [0.15, 0.2) is 0 Å². The van der Waals surface area contributed by atoms with Gasteiger partial charge in [-0.1, -0.05) is 19.8 Å². The third kappa shape index (κ3) is 4.75. The van der Waals surface area contributed by atoms with E-state index < -0.39 is 5.97 Å². The van der Waals surface area contributed by atoms with Crippen molar-refractivity contribution in [3.63, 3.8) is 0 Å². The molecule has 0 radical (unpaired) electrons. The molecule has 0 aromatic carbocycles. The van der Waals surface area contributed by atoms with Crippen LogP contribution in [0.15, 0.2) is 0 Å². The van der Waals surface area contributed by atoms with Crippen LogP contribution in [0.2, 0.25) is 0 Å². The molecule has 1 aliphatic rings. The van der Waals surface area contributed by atoms with E-state index in [1.54, 1.807) is 0 Å². The van der Waals surface area contributed by atoms with E-state index in [1.807, 2.05) is 11.8 Å². The summed E-state index contributed by atoms with van der Waals surface area (Å²) in [4.78, 5) is 24.6. The highest BCUT2D eigenvalue weighted by Crippen LogP contribution is 2.19. The molecule has 0 aromatic rings. The first-order valence-corrected chi connectivity index (χ1v) is 6.52. The summed E-state index contributed by atoms with van der Waals surface area (Å²) >= 11 is 0. The number of amides is 1. The van der Waals surface area contributed by atoms with Crippen LogP contribution in [0, 0.1) is 5.92 Å². The topological polar surface area (TPSA) is 57.6 Å². The van der Waals surface area contributed by atoms with Crippen LogP contribution < -0.4 is 0 Å². The number of hydrogen-bond donors (Lipinski definition) is 1. The Labute approximate surface area is 103 Å². The summed E-state index contributed by atoms with van der Waals surface area (Å²) < 4.78 is 0. The van der Waals surface area contributed by atoms with Crippen LogP contribution in [0.3, 0.4) is 0 Å². The zero-order valence-electron chi connectivity index (χ0n) is 10.8. The van der Waals surface area contributed by atoms with E-state index in [0.29, 0.717) is 12.5 Å². The molecule has 0 aliphatic carbocycles. The lowest BCUT2D eigenvalue weighted by atomic mass is 10.0. The molecule has 4 nitrogen and oxygen atoms in total. The maximum Gasteiger partial charge on any atom is 0.303 e. The normalized spacial score (nSPS) is 22.9. The van der Waals surface area contributed by atoms with E-state index in [9.17, 15) is 9.59 Å². The Morgan fingerprint density at radius 2 is 2.00 bits per heavy atom. The maximum absolute atomic E-state index is 12.1. The van der Waals surface area contributed by atoms with Gasteiger partial charge >= 0.3 is 5.97 Å². The Bertz CT molecular complexity index is 278. The molecule has 1 heterocycles. The Morgan fingerprint density at radius 1 is 1.29 bits per heavy atom. The predicted molar refractivity (Wildman–Crippen MR) is 65.7 cm³/mol. The molecule has 1 fully saturated rings. The van der Waals surface area contributed by atoms with E-state index in [2.05, 4.69) is 6.92 Å². The third-order valence-corrected chi connectivity index (χ3v) is 3.42. The Morgan fingerprint density at radius 3 is 2.65 bits per heavy atom. The molecule has 1 saturated heterocycles. The van der Waals surface area contributed by atoms with Crippen LogP contribution in [-0.4, -0.2) is 34.5 Å². The van der Waals surface area contributed by atoms with E-state index in [4.69, 9.17) is 5.11 Å². The molecule has 0 aromatic heterocycles. The van der Waals surface area contributed by atoms with Crippen molar-refractivity contribution in [2.24, 2.45) is 5.92 Å². The highest BCUT2D eigenvalue weighted by Gasteiger charge is 2.23. The van der Waals surface area contributed by atoms with Crippen molar-refractivity contribution in [3.05, 3.63) is 0 Å². The van der Waals surface area contributed by atoms with Crippen molar-refractivity contribution in [3.8, 4) is 0 Å². The fourth-order valence-electron chi connectivity index (χ4n) is 2.43. The predicted octanol–water partition coefficient (Wildman–Crippen LogP) is 2.28. The minimum Gasteiger partial charge on any atom is -0.481 e. The van der Waals surface area contributed by atoms with Gasteiger partial charge in [0.2, 0.25) is 5.91 Å². The molecule has 1 N–H and O–H groups in total. The fraction of sp³-hybridized carbons (Fsp3) is 0.846. The summed E-state index contributed by atoms with van der Waals surface area (Å²) in [6, 6.07) is 0.307. The quantitative estimate of drug-likeness (QED) is 0.821. The van der Waals surface area contributed by atoms with E-state index >= 15 is 0 Å². The van der Waals surface area contributed by atoms with Crippen molar-refractivity contribution >= 4 is 11.9 Å². The minimum atomic E-state index is -0.825. The van der Waals surface area contributed by atoms with E-state index in [0.717, 1.165) is 19.4 Å². The highest BCUT2D eigenvalue weighted by molar-refractivity contribution is 5.77. The summed E-state index contributed by atoms with van der Waals surface area (Å²) in [5.74, 6) is -0.780. The fourth-order valence-corrected chi connectivity index (χ4v) is 2.43. The number of carbonyl (C=O) groups excluding carboxylic acids is 1. The number of carboxylic acids is 1. The molecule has 1 aliphatic heterocycles. The molecule has 0 bridgehead atoms. The molecule has 0 saturated carbocycles. The average Bonchev–Trinajstić information content (AvgIpc) is 2.41. The summed E-state index contributed by atoms with van der Waals surface area (Å²) in [5, 5.41) is 8.68. The monoisotopic (exact) mass is 241 g/mol. The summed E-state index contributed by atoms with van der Waals surface area (Å²) in [7, 11) is 0. The largest absolute Gasteiger partial charge is 0.481 e. The molecule has 4 heteroatoms. The number of carbonyl (C=O) groups is 2. The first-order chi connectivity index (χ1) is 8.00. The van der Waals surface area contributed by atoms with E-state index in [-0.39, 0.29) is 18.2 Å². The lowest BCUT2D eigenvalue weighted by Crippen LogP contribution is -2.39. The van der Waals surface area contributed by atoms with Gasteiger partial charge in [-0.25, -0.2) is 0 Å². The summed E-state index contributed by atoms with van der Waals surface area (Å²) in [6.07, 6.45) is 4.96. The number of nitrogens with zero attached hydrogens (tertiary/aromatic N) is 1. The molecular weight excluding hydrogens is 218 g/mol. The van der Waals surface area contributed by atoms with Gasteiger partial charge < -0.3 is 10.0 Å². The standard InChI is InChI=1S/C13H23NO3/c1-10(9-13(16)17)8-12(15)14-7-5-3-4-6-11(14)2/h10-11H,3-9H2,1-2H3,(H,16,17). The number of rotatable bonds is 4. The number of carboxylic acid groups (broad SMARTS) is 1. The van der Waals surface area contributed by atoms with Gasteiger partial charge in [0.05, 0.1) is 0 Å². The first kappa shape index (κ1) is 14.0. The summed E-state index contributed by atoms with van der Waals surface area (Å²) in [6.45, 7) is 4.75. The molecule has 2 unspecified atom stereocenters. The van der Waals surface area contributed by atoms with Crippen molar-refractivity contribution in [1.29, 1.82) is 0 Å². The second-order valence-corrected chi connectivity index (χ2v) is 5.19. The first-order valence-electron chi connectivity index (χ1n) is 6.52. The lowest BCUT2D eigenvalue weighted by Gasteiger charge is -2.28. The van der Waals surface area contributed by atoms with Gasteiger partial charge in [-0.3, -0.25) is 9.59 Å². The van der Waals surface area contributed by atoms with E-state index in [1.165, 1.54) is 12.8 Å².